The minimum atomic E-state index is -0.365. The molecule has 1 aliphatic rings. The molecule has 2 heterocycles. The third-order valence-corrected chi connectivity index (χ3v) is 2.75. The lowest BCUT2D eigenvalue weighted by Crippen LogP contribution is -2.56. The highest BCUT2D eigenvalue weighted by molar-refractivity contribution is 5.97. The summed E-state index contributed by atoms with van der Waals surface area (Å²) in [6.45, 7) is 2.96. The number of carbonyl (C=O) groups is 2. The van der Waals surface area contributed by atoms with E-state index in [0.717, 1.165) is 0 Å². The molecule has 1 N–H and O–H groups in total. The van der Waals surface area contributed by atoms with Gasteiger partial charge >= 0.3 is 0 Å². The Morgan fingerprint density at radius 3 is 3.12 bits per heavy atom. The highest BCUT2D eigenvalue weighted by Crippen LogP contribution is 2.13. The number of hydrogen-bond acceptors (Lipinski definition) is 3. The molecule has 0 aromatic carbocycles. The van der Waals surface area contributed by atoms with Crippen LogP contribution in [0.2, 0.25) is 0 Å². The Morgan fingerprint density at radius 1 is 1.69 bits per heavy atom. The number of nitrogens with one attached hydrogen (secondary N) is 1. The molecular weight excluding hydrogens is 208 g/mol. The molecule has 0 saturated carbocycles. The number of piperazine rings is 1. The van der Waals surface area contributed by atoms with Crippen molar-refractivity contribution in [2.45, 2.75) is 19.4 Å². The number of rotatable bonds is 2. The molecule has 1 aromatic heterocycles. The predicted molar refractivity (Wildman–Crippen MR) is 56.8 cm³/mol. The first kappa shape index (κ1) is 10.7. The van der Waals surface area contributed by atoms with Crippen LogP contribution in [-0.2, 0) is 4.79 Å². The molecule has 2 amide bonds. The van der Waals surface area contributed by atoms with Gasteiger partial charge in [-0.25, -0.2) is 0 Å². The molecule has 0 spiro atoms. The number of hydrogen-bond donors (Lipinski definition) is 1. The molecule has 86 valence electrons. The summed E-state index contributed by atoms with van der Waals surface area (Å²) >= 11 is 0. The van der Waals surface area contributed by atoms with Gasteiger partial charge < -0.3 is 14.6 Å². The molecule has 16 heavy (non-hydrogen) atoms. The molecule has 1 unspecified atom stereocenters. The van der Waals surface area contributed by atoms with Crippen LogP contribution >= 0.6 is 0 Å². The van der Waals surface area contributed by atoms with E-state index in [4.69, 9.17) is 4.42 Å². The molecule has 0 bridgehead atoms. The molecule has 1 atom stereocenters. The summed E-state index contributed by atoms with van der Waals surface area (Å²) in [7, 11) is 0. The highest BCUT2D eigenvalue weighted by Gasteiger charge is 2.32. The van der Waals surface area contributed by atoms with E-state index >= 15 is 0 Å². The van der Waals surface area contributed by atoms with Crippen LogP contribution in [0.4, 0.5) is 0 Å². The van der Waals surface area contributed by atoms with Gasteiger partial charge in [-0.2, -0.15) is 0 Å². The third-order valence-electron chi connectivity index (χ3n) is 2.75. The van der Waals surface area contributed by atoms with E-state index in [1.54, 1.807) is 11.0 Å². The van der Waals surface area contributed by atoms with Gasteiger partial charge in [-0.05, 0) is 12.5 Å². The number of furan rings is 1. The molecule has 0 radical (unpaired) electrons. The van der Waals surface area contributed by atoms with Crippen molar-refractivity contribution >= 4 is 11.8 Å². The summed E-state index contributed by atoms with van der Waals surface area (Å²) < 4.78 is 4.87. The van der Waals surface area contributed by atoms with Crippen molar-refractivity contribution in [1.82, 2.24) is 10.2 Å². The van der Waals surface area contributed by atoms with Gasteiger partial charge in [0.1, 0.15) is 12.3 Å². The SMILES string of the molecule is CCC1C(=O)NCCN1C(=O)c1ccoc1. The van der Waals surface area contributed by atoms with Gasteiger partial charge in [0.15, 0.2) is 0 Å². The van der Waals surface area contributed by atoms with Crippen molar-refractivity contribution in [3.8, 4) is 0 Å². The largest absolute Gasteiger partial charge is 0.472 e. The van der Waals surface area contributed by atoms with E-state index in [-0.39, 0.29) is 17.9 Å². The van der Waals surface area contributed by atoms with Crippen molar-refractivity contribution in [2.75, 3.05) is 13.1 Å². The van der Waals surface area contributed by atoms with Crippen molar-refractivity contribution < 1.29 is 14.0 Å². The Kier molecular flexibility index (Phi) is 2.94. The monoisotopic (exact) mass is 222 g/mol. The highest BCUT2D eigenvalue weighted by atomic mass is 16.3. The second-order valence-corrected chi connectivity index (χ2v) is 3.73. The summed E-state index contributed by atoms with van der Waals surface area (Å²) in [5.41, 5.74) is 0.494. The molecule has 5 nitrogen and oxygen atoms in total. The molecule has 1 fully saturated rings. The van der Waals surface area contributed by atoms with Crippen LogP contribution in [-0.4, -0.2) is 35.8 Å². The standard InChI is InChI=1S/C11H14N2O3/c1-2-9-10(14)12-4-5-13(9)11(15)8-3-6-16-7-8/h3,6-7,9H,2,4-5H2,1H3,(H,12,14). The van der Waals surface area contributed by atoms with Crippen LogP contribution < -0.4 is 5.32 Å². The van der Waals surface area contributed by atoms with E-state index < -0.39 is 0 Å². The zero-order valence-corrected chi connectivity index (χ0v) is 9.10. The van der Waals surface area contributed by atoms with Gasteiger partial charge in [0.2, 0.25) is 5.91 Å². The first-order valence-electron chi connectivity index (χ1n) is 5.35. The summed E-state index contributed by atoms with van der Waals surface area (Å²) in [5, 5.41) is 2.76. The van der Waals surface area contributed by atoms with E-state index in [9.17, 15) is 9.59 Å². The van der Waals surface area contributed by atoms with Crippen molar-refractivity contribution in [3.05, 3.63) is 24.2 Å². The van der Waals surface area contributed by atoms with Crippen molar-refractivity contribution in [1.29, 1.82) is 0 Å². The van der Waals surface area contributed by atoms with E-state index in [1.165, 1.54) is 12.5 Å². The first-order chi connectivity index (χ1) is 7.74. The van der Waals surface area contributed by atoms with E-state index in [2.05, 4.69) is 5.32 Å². The lowest BCUT2D eigenvalue weighted by molar-refractivity contribution is -0.127. The van der Waals surface area contributed by atoms with Gasteiger partial charge in [-0.3, -0.25) is 9.59 Å². The summed E-state index contributed by atoms with van der Waals surface area (Å²) in [4.78, 5) is 25.2. The van der Waals surface area contributed by atoms with Gasteiger partial charge in [0, 0.05) is 13.1 Å². The molecular formula is C11H14N2O3. The molecule has 5 heteroatoms. The van der Waals surface area contributed by atoms with Gasteiger partial charge in [-0.15, -0.1) is 0 Å². The molecule has 0 aliphatic carbocycles. The molecule has 2 rings (SSSR count). The normalized spacial score (nSPS) is 20.7. The maximum Gasteiger partial charge on any atom is 0.257 e. The first-order valence-corrected chi connectivity index (χ1v) is 5.35. The minimum absolute atomic E-state index is 0.0782. The van der Waals surface area contributed by atoms with Gasteiger partial charge in [0.25, 0.3) is 5.91 Å². The maximum atomic E-state index is 12.1. The second kappa shape index (κ2) is 4.38. The predicted octanol–water partition coefficient (Wildman–Crippen LogP) is 0.630. The third kappa shape index (κ3) is 1.80. The maximum absolute atomic E-state index is 12.1. The lowest BCUT2D eigenvalue weighted by Gasteiger charge is -2.34. The number of amides is 2. The Hall–Kier alpha value is -1.78. The summed E-state index contributed by atoms with van der Waals surface area (Å²) in [6.07, 6.45) is 3.48. The fraction of sp³-hybridized carbons (Fsp3) is 0.455. The Bertz CT molecular complexity index is 386. The molecule has 1 saturated heterocycles. The van der Waals surface area contributed by atoms with Crippen LogP contribution in [0.1, 0.15) is 23.7 Å². The number of nitrogens with zero attached hydrogens (tertiary/aromatic N) is 1. The Labute approximate surface area is 93.4 Å². The van der Waals surface area contributed by atoms with Crippen LogP contribution in [0.15, 0.2) is 23.0 Å². The Balaban J connectivity index is 2.18. The quantitative estimate of drug-likeness (QED) is 0.798. The van der Waals surface area contributed by atoms with Crippen LogP contribution in [0.25, 0.3) is 0 Å². The average Bonchev–Trinajstić information content (AvgIpc) is 2.81. The number of carbonyl (C=O) groups excluding carboxylic acids is 2. The van der Waals surface area contributed by atoms with Crippen molar-refractivity contribution in [3.63, 3.8) is 0 Å². The summed E-state index contributed by atoms with van der Waals surface area (Å²) in [6, 6.07) is 1.25. The topological polar surface area (TPSA) is 62.6 Å². The molecule has 1 aromatic rings. The van der Waals surface area contributed by atoms with Gasteiger partial charge in [0.05, 0.1) is 11.8 Å². The van der Waals surface area contributed by atoms with Crippen LogP contribution in [0.5, 0.6) is 0 Å². The Morgan fingerprint density at radius 2 is 2.50 bits per heavy atom. The lowest BCUT2D eigenvalue weighted by atomic mass is 10.1. The minimum Gasteiger partial charge on any atom is -0.472 e. The molecule has 1 aliphatic heterocycles. The van der Waals surface area contributed by atoms with E-state index in [0.29, 0.717) is 25.1 Å². The zero-order valence-electron chi connectivity index (χ0n) is 9.10. The second-order valence-electron chi connectivity index (χ2n) is 3.73. The fourth-order valence-corrected chi connectivity index (χ4v) is 1.92. The van der Waals surface area contributed by atoms with Crippen LogP contribution in [0.3, 0.4) is 0 Å². The van der Waals surface area contributed by atoms with Crippen molar-refractivity contribution in [2.24, 2.45) is 0 Å². The smallest absolute Gasteiger partial charge is 0.257 e. The van der Waals surface area contributed by atoms with E-state index in [1.807, 2.05) is 6.92 Å². The van der Waals surface area contributed by atoms with Gasteiger partial charge in [-0.1, -0.05) is 6.92 Å². The zero-order chi connectivity index (χ0) is 11.5. The summed E-state index contributed by atoms with van der Waals surface area (Å²) in [5.74, 6) is -0.221. The average molecular weight is 222 g/mol. The van der Waals surface area contributed by atoms with Crippen LogP contribution in [0, 0.1) is 0 Å². The fourth-order valence-electron chi connectivity index (χ4n) is 1.92.